The third-order valence-corrected chi connectivity index (χ3v) is 4.20. The van der Waals surface area contributed by atoms with Gasteiger partial charge in [-0.2, -0.15) is 0 Å². The molecule has 106 valence electrons. The van der Waals surface area contributed by atoms with Crippen LogP contribution in [0.4, 0.5) is 0 Å². The highest BCUT2D eigenvalue weighted by Crippen LogP contribution is 2.35. The molecule has 1 aromatic carbocycles. The van der Waals surface area contributed by atoms with E-state index in [4.69, 9.17) is 15.2 Å². The molecule has 2 N–H and O–H groups in total. The summed E-state index contributed by atoms with van der Waals surface area (Å²) < 4.78 is 34.6. The van der Waals surface area contributed by atoms with Crippen molar-refractivity contribution >= 4 is 9.84 Å². The third-order valence-electron chi connectivity index (χ3n) is 3.03. The molecular formula is C13H19NO4S. The Bertz CT molecular complexity index is 554. The second kappa shape index (κ2) is 5.79. The predicted molar refractivity (Wildman–Crippen MR) is 72.5 cm³/mol. The Kier molecular flexibility index (Phi) is 4.31. The van der Waals surface area contributed by atoms with Crippen molar-refractivity contribution in [2.75, 3.05) is 26.0 Å². The van der Waals surface area contributed by atoms with Crippen LogP contribution in [0.2, 0.25) is 0 Å². The minimum Gasteiger partial charge on any atom is -0.486 e. The number of fused-ring (bicyclic) bond motifs is 1. The maximum absolute atomic E-state index is 11.9. The van der Waals surface area contributed by atoms with Crippen LogP contribution in [0, 0.1) is 0 Å². The summed E-state index contributed by atoms with van der Waals surface area (Å²) in [5.41, 5.74) is 6.24. The molecule has 19 heavy (non-hydrogen) atoms. The minimum absolute atomic E-state index is 0.328. The molecule has 1 aliphatic heterocycles. The molecule has 0 saturated carbocycles. The molecule has 0 amide bonds. The molecule has 5 nitrogen and oxygen atoms in total. The lowest BCUT2D eigenvalue weighted by molar-refractivity contribution is 0.171. The van der Waals surface area contributed by atoms with E-state index < -0.39 is 9.84 Å². The topological polar surface area (TPSA) is 78.6 Å². The normalized spacial score (nSPS) is 14.4. The largest absolute Gasteiger partial charge is 0.486 e. The molecule has 0 radical (unpaired) electrons. The lowest BCUT2D eigenvalue weighted by Crippen LogP contribution is -2.16. The van der Waals surface area contributed by atoms with E-state index in [0.717, 1.165) is 18.4 Å². The van der Waals surface area contributed by atoms with Gasteiger partial charge in [-0.05, 0) is 37.4 Å². The first-order valence-corrected chi connectivity index (χ1v) is 8.24. The van der Waals surface area contributed by atoms with Crippen LogP contribution in [0.25, 0.3) is 0 Å². The van der Waals surface area contributed by atoms with Crippen molar-refractivity contribution in [3.63, 3.8) is 0 Å². The fourth-order valence-electron chi connectivity index (χ4n) is 2.11. The Morgan fingerprint density at radius 2 is 1.79 bits per heavy atom. The summed E-state index contributed by atoms with van der Waals surface area (Å²) in [4.78, 5) is 0.328. The number of aryl methyl sites for hydroxylation is 1. The zero-order valence-electron chi connectivity index (χ0n) is 11.0. The van der Waals surface area contributed by atoms with Gasteiger partial charge in [0, 0.05) is 12.3 Å². The number of ether oxygens (including phenoxy) is 2. The molecule has 1 aromatic rings. The molecule has 1 heterocycles. The Hall–Kier alpha value is -1.27. The zero-order valence-corrected chi connectivity index (χ0v) is 11.8. The first kappa shape index (κ1) is 14.1. The van der Waals surface area contributed by atoms with E-state index >= 15 is 0 Å². The summed E-state index contributed by atoms with van der Waals surface area (Å²) >= 11 is 0. The summed E-state index contributed by atoms with van der Waals surface area (Å²) in [6, 6.07) is 3.35. The molecular weight excluding hydrogens is 266 g/mol. The maximum atomic E-state index is 11.9. The highest BCUT2D eigenvalue weighted by Gasteiger charge is 2.20. The van der Waals surface area contributed by atoms with Gasteiger partial charge >= 0.3 is 0 Å². The van der Waals surface area contributed by atoms with Gasteiger partial charge < -0.3 is 15.2 Å². The van der Waals surface area contributed by atoms with Crippen molar-refractivity contribution in [3.8, 4) is 11.5 Å². The van der Waals surface area contributed by atoms with Gasteiger partial charge in [0.2, 0.25) is 0 Å². The summed E-state index contributed by atoms with van der Waals surface area (Å²) in [5.74, 6) is 1.13. The second-order valence-electron chi connectivity index (χ2n) is 4.62. The lowest BCUT2D eigenvalue weighted by atomic mass is 10.1. The van der Waals surface area contributed by atoms with Crippen LogP contribution < -0.4 is 15.2 Å². The van der Waals surface area contributed by atoms with Gasteiger partial charge in [-0.15, -0.1) is 0 Å². The fraction of sp³-hybridized carbons (Fsp3) is 0.538. The number of unbranched alkanes of at least 4 members (excludes halogenated alkanes) is 1. The molecule has 0 unspecified atom stereocenters. The third kappa shape index (κ3) is 3.39. The average Bonchev–Trinajstić information content (AvgIpc) is 2.37. The Morgan fingerprint density at radius 1 is 1.16 bits per heavy atom. The standard InChI is InChI=1S/C13H19NO4S/c1-19(15,16)13-9-12-11(17-6-7-18-12)8-10(13)4-2-3-5-14/h8-9H,2-7,14H2,1H3. The van der Waals surface area contributed by atoms with Crippen molar-refractivity contribution in [3.05, 3.63) is 17.7 Å². The van der Waals surface area contributed by atoms with E-state index in [1.54, 1.807) is 12.1 Å². The van der Waals surface area contributed by atoms with E-state index in [2.05, 4.69) is 0 Å². The van der Waals surface area contributed by atoms with Crippen molar-refractivity contribution in [2.45, 2.75) is 24.2 Å². The number of hydrogen-bond donors (Lipinski definition) is 1. The highest BCUT2D eigenvalue weighted by molar-refractivity contribution is 7.90. The van der Waals surface area contributed by atoms with Crippen molar-refractivity contribution in [1.29, 1.82) is 0 Å². The minimum atomic E-state index is -3.27. The number of sulfone groups is 1. The number of nitrogens with two attached hydrogens (primary N) is 1. The molecule has 0 aromatic heterocycles. The van der Waals surface area contributed by atoms with E-state index in [0.29, 0.717) is 42.6 Å². The number of rotatable bonds is 5. The van der Waals surface area contributed by atoms with Crippen LogP contribution in [0.3, 0.4) is 0 Å². The molecule has 0 atom stereocenters. The molecule has 6 heteroatoms. The molecule has 0 aliphatic carbocycles. The monoisotopic (exact) mass is 285 g/mol. The van der Waals surface area contributed by atoms with Crippen molar-refractivity contribution in [1.82, 2.24) is 0 Å². The van der Waals surface area contributed by atoms with Crippen LogP contribution in [0.5, 0.6) is 11.5 Å². The molecule has 0 bridgehead atoms. The molecule has 0 spiro atoms. The quantitative estimate of drug-likeness (QED) is 0.821. The predicted octanol–water partition coefficient (Wildman–Crippen LogP) is 1.14. The number of hydrogen-bond acceptors (Lipinski definition) is 5. The van der Waals surface area contributed by atoms with E-state index in [1.165, 1.54) is 6.26 Å². The maximum Gasteiger partial charge on any atom is 0.175 e. The first-order valence-electron chi connectivity index (χ1n) is 6.35. The molecule has 0 fully saturated rings. The van der Waals surface area contributed by atoms with Gasteiger partial charge in [0.15, 0.2) is 21.3 Å². The number of benzene rings is 1. The fourth-order valence-corrected chi connectivity index (χ4v) is 3.07. The van der Waals surface area contributed by atoms with Gasteiger partial charge in [-0.3, -0.25) is 0 Å². The first-order chi connectivity index (χ1) is 9.02. The van der Waals surface area contributed by atoms with Gasteiger partial charge in [-0.25, -0.2) is 8.42 Å². The van der Waals surface area contributed by atoms with Crippen molar-refractivity contribution < 1.29 is 17.9 Å². The summed E-state index contributed by atoms with van der Waals surface area (Å²) in [7, 11) is -3.27. The van der Waals surface area contributed by atoms with Crippen LogP contribution in [-0.2, 0) is 16.3 Å². The van der Waals surface area contributed by atoms with Gasteiger partial charge in [-0.1, -0.05) is 0 Å². The molecule has 2 rings (SSSR count). The Labute approximate surface area is 113 Å². The summed E-state index contributed by atoms with van der Waals surface area (Å²) in [6.45, 7) is 1.55. The highest BCUT2D eigenvalue weighted by atomic mass is 32.2. The van der Waals surface area contributed by atoms with Gasteiger partial charge in [0.1, 0.15) is 13.2 Å². The Balaban J connectivity index is 2.38. The summed E-state index contributed by atoms with van der Waals surface area (Å²) in [5, 5.41) is 0. The van der Waals surface area contributed by atoms with Crippen LogP contribution in [-0.4, -0.2) is 34.4 Å². The lowest BCUT2D eigenvalue weighted by Gasteiger charge is -2.20. The van der Waals surface area contributed by atoms with E-state index in [-0.39, 0.29) is 0 Å². The second-order valence-corrected chi connectivity index (χ2v) is 6.61. The van der Waals surface area contributed by atoms with E-state index in [1.807, 2.05) is 0 Å². The van der Waals surface area contributed by atoms with Crippen LogP contribution in [0.1, 0.15) is 18.4 Å². The zero-order chi connectivity index (χ0) is 13.9. The van der Waals surface area contributed by atoms with Crippen LogP contribution >= 0.6 is 0 Å². The van der Waals surface area contributed by atoms with Crippen molar-refractivity contribution in [2.24, 2.45) is 5.73 Å². The SMILES string of the molecule is CS(=O)(=O)c1cc2c(cc1CCCCN)OCCO2. The molecule has 1 aliphatic rings. The summed E-state index contributed by atoms with van der Waals surface area (Å²) in [6.07, 6.45) is 3.62. The molecule has 0 saturated heterocycles. The Morgan fingerprint density at radius 3 is 2.37 bits per heavy atom. The van der Waals surface area contributed by atoms with E-state index in [9.17, 15) is 8.42 Å². The van der Waals surface area contributed by atoms with Gasteiger partial charge in [0.25, 0.3) is 0 Å². The smallest absolute Gasteiger partial charge is 0.175 e. The van der Waals surface area contributed by atoms with Crippen LogP contribution in [0.15, 0.2) is 17.0 Å². The average molecular weight is 285 g/mol. The van der Waals surface area contributed by atoms with Gasteiger partial charge in [0.05, 0.1) is 4.90 Å².